The maximum absolute atomic E-state index is 13.7. The van der Waals surface area contributed by atoms with Crippen LogP contribution < -0.4 is 10.6 Å². The highest BCUT2D eigenvalue weighted by molar-refractivity contribution is 6.30. The molecular formula is C33H41ClN4O2. The van der Waals surface area contributed by atoms with Gasteiger partial charge in [-0.15, -0.1) is 0 Å². The van der Waals surface area contributed by atoms with Crippen molar-refractivity contribution in [3.05, 3.63) is 82.9 Å². The minimum atomic E-state index is -0.234. The van der Waals surface area contributed by atoms with E-state index in [1.807, 2.05) is 53.4 Å². The summed E-state index contributed by atoms with van der Waals surface area (Å²) in [5.41, 5.74) is 1.90. The van der Waals surface area contributed by atoms with E-state index in [1.54, 1.807) is 0 Å². The number of nitrogens with one attached hydrogen (secondary N) is 2. The zero-order valence-electron chi connectivity index (χ0n) is 23.3. The van der Waals surface area contributed by atoms with Crippen LogP contribution in [0.1, 0.15) is 54.4 Å². The predicted molar refractivity (Wildman–Crippen MR) is 163 cm³/mol. The number of benzene rings is 3. The van der Waals surface area contributed by atoms with Gasteiger partial charge in [0, 0.05) is 42.8 Å². The van der Waals surface area contributed by atoms with Crippen LogP contribution in [0.3, 0.4) is 0 Å². The predicted octanol–water partition coefficient (Wildman–Crippen LogP) is 5.29. The van der Waals surface area contributed by atoms with E-state index in [0.717, 1.165) is 67.7 Å². The molecule has 2 fully saturated rings. The van der Waals surface area contributed by atoms with Crippen molar-refractivity contribution in [2.75, 3.05) is 39.3 Å². The SMILES string of the molecule is O=C(NC[C@@H]1CCN(CCCc2ccc(Cl)cc2)C(=O)[C@H](CCN2CCCCC2)N1)c1ccc2ccccc2c1. The standard InChI is InChI=1S/C33H41ClN4O2/c34-29-14-10-25(11-15-29)7-6-20-38-22-16-30(36-31(33(38)40)17-21-37-18-4-1-5-19-37)24-35-32(39)28-13-12-26-8-2-3-9-27(26)23-28/h2-3,8-15,23,30-31,36H,1,4-7,16-22,24H2,(H,35,39)/t30-,31-/m0/s1. The first kappa shape index (κ1) is 28.6. The molecule has 0 bridgehead atoms. The highest BCUT2D eigenvalue weighted by atomic mass is 35.5. The number of nitrogens with zero attached hydrogens (tertiary/aromatic N) is 2. The molecule has 0 radical (unpaired) electrons. The van der Waals surface area contributed by atoms with Gasteiger partial charge in [-0.25, -0.2) is 0 Å². The van der Waals surface area contributed by atoms with E-state index in [4.69, 9.17) is 11.6 Å². The number of carbonyl (C=O) groups is 2. The minimum Gasteiger partial charge on any atom is -0.350 e. The molecule has 2 aliphatic rings. The number of carbonyl (C=O) groups excluding carboxylic acids is 2. The maximum Gasteiger partial charge on any atom is 0.251 e. The largest absolute Gasteiger partial charge is 0.350 e. The van der Waals surface area contributed by atoms with Gasteiger partial charge < -0.3 is 20.4 Å². The average molecular weight is 561 g/mol. The number of amides is 2. The third kappa shape index (κ3) is 7.84. The third-order valence-electron chi connectivity index (χ3n) is 8.30. The summed E-state index contributed by atoms with van der Waals surface area (Å²) >= 11 is 6.03. The van der Waals surface area contributed by atoms with Crippen LogP contribution in [0, 0.1) is 0 Å². The average Bonchev–Trinajstić information content (AvgIpc) is 3.14. The number of hydrogen-bond donors (Lipinski definition) is 2. The molecule has 2 N–H and O–H groups in total. The summed E-state index contributed by atoms with van der Waals surface area (Å²) < 4.78 is 0. The highest BCUT2D eigenvalue weighted by Crippen LogP contribution is 2.17. The van der Waals surface area contributed by atoms with Gasteiger partial charge in [0.25, 0.3) is 5.91 Å². The Morgan fingerprint density at radius 2 is 1.70 bits per heavy atom. The van der Waals surface area contributed by atoms with Gasteiger partial charge in [0.2, 0.25) is 5.91 Å². The number of fused-ring (bicyclic) bond motifs is 1. The molecule has 0 saturated carbocycles. The first-order valence-corrected chi connectivity index (χ1v) is 15.2. The second-order valence-corrected chi connectivity index (χ2v) is 11.7. The summed E-state index contributed by atoms with van der Waals surface area (Å²) in [7, 11) is 0. The zero-order chi connectivity index (χ0) is 27.7. The Morgan fingerprint density at radius 3 is 2.50 bits per heavy atom. The summed E-state index contributed by atoms with van der Waals surface area (Å²) in [6, 6.07) is 21.7. The van der Waals surface area contributed by atoms with Crippen molar-refractivity contribution in [1.82, 2.24) is 20.4 Å². The van der Waals surface area contributed by atoms with Gasteiger partial charge in [0.1, 0.15) is 0 Å². The van der Waals surface area contributed by atoms with Crippen molar-refractivity contribution in [1.29, 1.82) is 0 Å². The molecule has 2 heterocycles. The lowest BCUT2D eigenvalue weighted by Gasteiger charge is -2.30. The van der Waals surface area contributed by atoms with Crippen LogP contribution in [0.25, 0.3) is 10.8 Å². The second-order valence-electron chi connectivity index (χ2n) is 11.2. The van der Waals surface area contributed by atoms with Crippen molar-refractivity contribution in [3.8, 4) is 0 Å². The van der Waals surface area contributed by atoms with Crippen LogP contribution in [0.2, 0.25) is 5.02 Å². The van der Waals surface area contributed by atoms with Gasteiger partial charge >= 0.3 is 0 Å². The van der Waals surface area contributed by atoms with Crippen LogP contribution in [0.15, 0.2) is 66.7 Å². The number of likely N-dealkylation sites (tertiary alicyclic amines) is 1. The smallest absolute Gasteiger partial charge is 0.251 e. The van der Waals surface area contributed by atoms with E-state index in [0.29, 0.717) is 18.7 Å². The monoisotopic (exact) mass is 560 g/mol. The van der Waals surface area contributed by atoms with Gasteiger partial charge in [-0.1, -0.05) is 60.5 Å². The lowest BCUT2D eigenvalue weighted by Crippen LogP contribution is -2.50. The fraction of sp³-hybridized carbons (Fsp3) is 0.455. The van der Waals surface area contributed by atoms with Gasteiger partial charge in [0.15, 0.2) is 0 Å². The van der Waals surface area contributed by atoms with Crippen LogP contribution in [-0.2, 0) is 11.2 Å². The van der Waals surface area contributed by atoms with E-state index in [2.05, 4.69) is 33.7 Å². The first-order valence-electron chi connectivity index (χ1n) is 14.8. The Kier molecular flexibility index (Phi) is 10.1. The summed E-state index contributed by atoms with van der Waals surface area (Å²) in [5.74, 6) is 0.115. The van der Waals surface area contributed by atoms with Crippen molar-refractivity contribution < 1.29 is 9.59 Å². The summed E-state index contributed by atoms with van der Waals surface area (Å²) in [4.78, 5) is 31.2. The topological polar surface area (TPSA) is 64.7 Å². The quantitative estimate of drug-likeness (QED) is 0.354. The summed E-state index contributed by atoms with van der Waals surface area (Å²) in [6.07, 6.45) is 7.22. The molecule has 3 aromatic rings. The molecule has 6 nitrogen and oxygen atoms in total. The molecule has 2 saturated heterocycles. The van der Waals surface area contributed by atoms with Gasteiger partial charge in [-0.05, 0) is 92.2 Å². The number of piperidine rings is 1. The molecule has 0 unspecified atom stereocenters. The third-order valence-corrected chi connectivity index (χ3v) is 8.56. The van der Waals surface area contributed by atoms with E-state index in [1.165, 1.54) is 24.8 Å². The van der Waals surface area contributed by atoms with Crippen LogP contribution in [0.5, 0.6) is 0 Å². The molecule has 3 aromatic carbocycles. The molecule has 2 atom stereocenters. The fourth-order valence-electron chi connectivity index (χ4n) is 5.94. The van der Waals surface area contributed by atoms with Crippen molar-refractivity contribution in [3.63, 3.8) is 0 Å². The van der Waals surface area contributed by atoms with Gasteiger partial charge in [-0.3, -0.25) is 9.59 Å². The van der Waals surface area contributed by atoms with E-state index < -0.39 is 0 Å². The molecule has 7 heteroatoms. The first-order chi connectivity index (χ1) is 19.5. The summed E-state index contributed by atoms with van der Waals surface area (Å²) in [6.45, 7) is 5.10. The van der Waals surface area contributed by atoms with Crippen LogP contribution >= 0.6 is 11.6 Å². The lowest BCUT2D eigenvalue weighted by molar-refractivity contribution is -0.133. The molecule has 2 amide bonds. The molecule has 0 aliphatic carbocycles. The molecule has 212 valence electrons. The van der Waals surface area contributed by atoms with Gasteiger partial charge in [-0.2, -0.15) is 0 Å². The van der Waals surface area contributed by atoms with E-state index >= 15 is 0 Å². The Hall–Kier alpha value is -2.93. The van der Waals surface area contributed by atoms with E-state index in [9.17, 15) is 9.59 Å². The molecule has 5 rings (SSSR count). The molecule has 0 aromatic heterocycles. The molecule has 2 aliphatic heterocycles. The maximum atomic E-state index is 13.7. The Labute approximate surface area is 243 Å². The molecule has 40 heavy (non-hydrogen) atoms. The Morgan fingerprint density at radius 1 is 0.925 bits per heavy atom. The number of aryl methyl sites for hydroxylation is 1. The molecule has 0 spiro atoms. The normalized spacial score (nSPS) is 20.4. The minimum absolute atomic E-state index is 0.0426. The number of hydrogen-bond acceptors (Lipinski definition) is 4. The number of halogens is 1. The second kappa shape index (κ2) is 14.1. The molecular weight excluding hydrogens is 520 g/mol. The Balaban J connectivity index is 1.20. The summed E-state index contributed by atoms with van der Waals surface area (Å²) in [5, 5.41) is 9.69. The lowest BCUT2D eigenvalue weighted by atomic mass is 10.1. The highest BCUT2D eigenvalue weighted by Gasteiger charge is 2.31. The van der Waals surface area contributed by atoms with Crippen molar-refractivity contribution >= 4 is 34.2 Å². The number of rotatable bonds is 10. The van der Waals surface area contributed by atoms with Crippen molar-refractivity contribution in [2.24, 2.45) is 0 Å². The van der Waals surface area contributed by atoms with E-state index in [-0.39, 0.29) is 23.9 Å². The van der Waals surface area contributed by atoms with Crippen LogP contribution in [0.4, 0.5) is 0 Å². The van der Waals surface area contributed by atoms with Gasteiger partial charge in [0.05, 0.1) is 6.04 Å². The fourth-order valence-corrected chi connectivity index (χ4v) is 6.07. The zero-order valence-corrected chi connectivity index (χ0v) is 24.0. The van der Waals surface area contributed by atoms with Crippen LogP contribution in [-0.4, -0.2) is 73.0 Å². The Bertz CT molecular complexity index is 1270. The van der Waals surface area contributed by atoms with Crippen molar-refractivity contribution in [2.45, 2.75) is 57.0 Å².